The van der Waals surface area contributed by atoms with Gasteiger partial charge in [-0.15, -0.1) is 0 Å². The summed E-state index contributed by atoms with van der Waals surface area (Å²) in [5.74, 6) is -0.111. The van der Waals surface area contributed by atoms with Gasteiger partial charge in [0, 0.05) is 5.69 Å². The van der Waals surface area contributed by atoms with Crippen LogP contribution in [0.4, 0.5) is 5.69 Å². The fraction of sp³-hybridized carbons (Fsp3) is 0.417. The first-order chi connectivity index (χ1) is 13.8. The van der Waals surface area contributed by atoms with Gasteiger partial charge in [0.2, 0.25) is 0 Å². The zero-order valence-electron chi connectivity index (χ0n) is 18.3. The molecule has 0 spiro atoms. The molecule has 3 N–H and O–H groups in total. The van der Waals surface area contributed by atoms with E-state index in [2.05, 4.69) is 49.6 Å². The molecule has 0 saturated carbocycles. The van der Waals surface area contributed by atoms with Gasteiger partial charge >= 0.3 is 0 Å². The van der Waals surface area contributed by atoms with Gasteiger partial charge in [0.1, 0.15) is 0 Å². The smallest absolute Gasteiger partial charge is 0.279 e. The van der Waals surface area contributed by atoms with Gasteiger partial charge in [-0.2, -0.15) is 0 Å². The summed E-state index contributed by atoms with van der Waals surface area (Å²) < 4.78 is 0. The molecule has 5 heteroatoms. The molecule has 5 nitrogen and oxygen atoms in total. The second kappa shape index (κ2) is 10.8. The Kier molecular flexibility index (Phi) is 8.40. The minimum Gasteiger partial charge on any atom is -0.345 e. The fourth-order valence-corrected chi connectivity index (χ4v) is 3.36. The number of benzene rings is 2. The van der Waals surface area contributed by atoms with Crippen LogP contribution in [-0.2, 0) is 9.59 Å². The predicted molar refractivity (Wildman–Crippen MR) is 118 cm³/mol. The van der Waals surface area contributed by atoms with Crippen molar-refractivity contribution in [3.8, 4) is 0 Å². The number of carbonyl (C=O) groups excluding carboxylic acids is 2. The van der Waals surface area contributed by atoms with Gasteiger partial charge in [-0.05, 0) is 62.4 Å². The summed E-state index contributed by atoms with van der Waals surface area (Å²) in [6, 6.07) is 13.9. The van der Waals surface area contributed by atoms with Crippen LogP contribution in [0.25, 0.3) is 0 Å². The normalized spacial score (nSPS) is 12.9. The predicted octanol–water partition coefficient (Wildman–Crippen LogP) is 2.72. The SMILES string of the molecule is CCC[NH+](CC(=O)Nc1ccccc1C)CC(=O)N[C@@H](C)c1ccc(C)c(C)c1. The minimum absolute atomic E-state index is 0.0390. The van der Waals surface area contributed by atoms with E-state index in [0.29, 0.717) is 0 Å². The minimum atomic E-state index is -0.0715. The third-order valence-electron chi connectivity index (χ3n) is 5.25. The highest BCUT2D eigenvalue weighted by Gasteiger charge is 2.19. The van der Waals surface area contributed by atoms with Crippen LogP contribution in [0.3, 0.4) is 0 Å². The van der Waals surface area contributed by atoms with Crippen molar-refractivity contribution >= 4 is 17.5 Å². The zero-order valence-corrected chi connectivity index (χ0v) is 18.3. The molecular weight excluding hydrogens is 362 g/mol. The summed E-state index contributed by atoms with van der Waals surface area (Å²) in [4.78, 5) is 26.0. The maximum absolute atomic E-state index is 12.6. The lowest BCUT2D eigenvalue weighted by atomic mass is 10.0. The number of amides is 2. The van der Waals surface area contributed by atoms with Crippen LogP contribution in [0.1, 0.15) is 48.6 Å². The Morgan fingerprint density at radius 3 is 2.28 bits per heavy atom. The molecule has 29 heavy (non-hydrogen) atoms. The van der Waals surface area contributed by atoms with Gasteiger partial charge in [0.25, 0.3) is 11.8 Å². The van der Waals surface area contributed by atoms with E-state index in [1.165, 1.54) is 11.1 Å². The molecule has 0 heterocycles. The van der Waals surface area contributed by atoms with Gasteiger partial charge in [-0.3, -0.25) is 9.59 Å². The Bertz CT molecular complexity index is 848. The average Bonchev–Trinajstić information content (AvgIpc) is 2.65. The molecule has 2 atom stereocenters. The van der Waals surface area contributed by atoms with Gasteiger partial charge in [-0.25, -0.2) is 0 Å². The van der Waals surface area contributed by atoms with Crippen LogP contribution < -0.4 is 15.5 Å². The highest BCUT2D eigenvalue weighted by molar-refractivity contribution is 5.92. The van der Waals surface area contributed by atoms with Crippen molar-refractivity contribution in [1.82, 2.24) is 5.32 Å². The molecule has 0 aliphatic carbocycles. The van der Waals surface area contributed by atoms with Gasteiger partial charge in [0.05, 0.1) is 12.6 Å². The van der Waals surface area contributed by atoms with Crippen molar-refractivity contribution in [2.45, 2.75) is 47.1 Å². The molecule has 0 aromatic heterocycles. The fourth-order valence-electron chi connectivity index (χ4n) is 3.36. The quantitative estimate of drug-likeness (QED) is 0.610. The van der Waals surface area contributed by atoms with Crippen LogP contribution in [0.5, 0.6) is 0 Å². The van der Waals surface area contributed by atoms with E-state index in [0.717, 1.165) is 34.7 Å². The molecule has 2 aromatic rings. The van der Waals surface area contributed by atoms with E-state index in [9.17, 15) is 9.59 Å². The van der Waals surface area contributed by atoms with Crippen molar-refractivity contribution in [1.29, 1.82) is 0 Å². The summed E-state index contributed by atoms with van der Waals surface area (Å²) >= 11 is 0. The maximum atomic E-state index is 12.6. The Hall–Kier alpha value is -2.66. The van der Waals surface area contributed by atoms with Crippen LogP contribution >= 0.6 is 0 Å². The zero-order chi connectivity index (χ0) is 21.4. The third-order valence-corrected chi connectivity index (χ3v) is 5.25. The van der Waals surface area contributed by atoms with E-state index >= 15 is 0 Å². The molecule has 0 aliphatic rings. The van der Waals surface area contributed by atoms with E-state index in [-0.39, 0.29) is 30.9 Å². The van der Waals surface area contributed by atoms with E-state index in [4.69, 9.17) is 0 Å². The largest absolute Gasteiger partial charge is 0.345 e. The number of nitrogens with one attached hydrogen (secondary N) is 3. The van der Waals surface area contributed by atoms with Crippen molar-refractivity contribution < 1.29 is 14.5 Å². The van der Waals surface area contributed by atoms with Crippen LogP contribution in [0.2, 0.25) is 0 Å². The van der Waals surface area contributed by atoms with Crippen molar-refractivity contribution in [2.75, 3.05) is 25.0 Å². The second-order valence-electron chi connectivity index (χ2n) is 7.85. The Morgan fingerprint density at radius 2 is 1.62 bits per heavy atom. The molecular formula is C24H34N3O2+. The molecule has 0 bridgehead atoms. The lowest BCUT2D eigenvalue weighted by Crippen LogP contribution is -3.14. The highest BCUT2D eigenvalue weighted by Crippen LogP contribution is 2.16. The summed E-state index contributed by atoms with van der Waals surface area (Å²) in [6.07, 6.45) is 0.910. The van der Waals surface area contributed by atoms with Gasteiger partial charge in [-0.1, -0.05) is 43.3 Å². The lowest BCUT2D eigenvalue weighted by molar-refractivity contribution is -0.883. The topological polar surface area (TPSA) is 62.6 Å². The molecule has 2 rings (SSSR count). The average molecular weight is 397 g/mol. The first-order valence-electron chi connectivity index (χ1n) is 10.4. The molecule has 0 aliphatic heterocycles. The number of aryl methyl sites for hydroxylation is 3. The Balaban J connectivity index is 1.92. The number of hydrogen-bond donors (Lipinski definition) is 3. The second-order valence-corrected chi connectivity index (χ2v) is 7.85. The van der Waals surface area contributed by atoms with Crippen molar-refractivity contribution in [3.05, 3.63) is 64.7 Å². The summed E-state index contributed by atoms with van der Waals surface area (Å²) in [5.41, 5.74) is 5.40. The first kappa shape index (κ1) is 22.6. The standard InChI is InChI=1S/C24H33N3O2/c1-6-13-27(16-24(29)26-22-10-8-7-9-18(22)3)15-23(28)25-20(5)21-12-11-17(2)19(4)14-21/h7-12,14,20H,6,13,15-16H2,1-5H3,(H,25,28)(H,26,29)/p+1/t20-/m0/s1. The first-order valence-corrected chi connectivity index (χ1v) is 10.4. The molecule has 156 valence electrons. The van der Waals surface area contributed by atoms with Crippen LogP contribution in [0, 0.1) is 20.8 Å². The lowest BCUT2D eigenvalue weighted by Gasteiger charge is -2.20. The van der Waals surface area contributed by atoms with Gasteiger partial charge in [0.15, 0.2) is 13.1 Å². The summed E-state index contributed by atoms with van der Waals surface area (Å²) in [5, 5.41) is 6.03. The number of carbonyl (C=O) groups is 2. The summed E-state index contributed by atoms with van der Waals surface area (Å²) in [6.45, 7) is 11.5. The molecule has 2 amide bonds. The van der Waals surface area contributed by atoms with E-state index in [1.807, 2.05) is 38.1 Å². The number of para-hydroxylation sites is 1. The Labute approximate surface area is 174 Å². The maximum Gasteiger partial charge on any atom is 0.279 e. The molecule has 0 saturated heterocycles. The highest BCUT2D eigenvalue weighted by atomic mass is 16.2. The number of rotatable bonds is 9. The van der Waals surface area contributed by atoms with E-state index in [1.54, 1.807) is 0 Å². The van der Waals surface area contributed by atoms with Crippen molar-refractivity contribution in [2.24, 2.45) is 0 Å². The van der Waals surface area contributed by atoms with Crippen molar-refractivity contribution in [3.63, 3.8) is 0 Å². The molecule has 0 fully saturated rings. The van der Waals surface area contributed by atoms with Crippen LogP contribution in [-0.4, -0.2) is 31.4 Å². The van der Waals surface area contributed by atoms with Gasteiger partial charge < -0.3 is 15.5 Å². The van der Waals surface area contributed by atoms with E-state index < -0.39 is 0 Å². The number of hydrogen-bond acceptors (Lipinski definition) is 2. The molecule has 0 radical (unpaired) electrons. The summed E-state index contributed by atoms with van der Waals surface area (Å²) in [7, 11) is 0. The third kappa shape index (κ3) is 7.02. The molecule has 1 unspecified atom stereocenters. The van der Waals surface area contributed by atoms with Crippen LogP contribution in [0.15, 0.2) is 42.5 Å². The monoisotopic (exact) mass is 396 g/mol. The number of quaternary nitrogens is 1. The number of anilines is 1. The molecule has 2 aromatic carbocycles. The Morgan fingerprint density at radius 1 is 0.931 bits per heavy atom.